The molecule has 1 heterocycles. The Morgan fingerprint density at radius 2 is 0.929 bits per heavy atom. The van der Waals surface area contributed by atoms with Gasteiger partial charge in [-0.1, -0.05) is 72.8 Å². The number of hydrogen-bond donors (Lipinski definition) is 0. The van der Waals surface area contributed by atoms with Gasteiger partial charge in [0.25, 0.3) is 0 Å². The lowest BCUT2D eigenvalue weighted by Crippen LogP contribution is -2.09. The largest absolute Gasteiger partial charge is 0.455 e. The summed E-state index contributed by atoms with van der Waals surface area (Å²) in [6.45, 7) is 0. The van der Waals surface area contributed by atoms with Crippen LogP contribution in [0.4, 0.5) is 17.1 Å². The summed E-state index contributed by atoms with van der Waals surface area (Å²) in [7, 11) is 0. The molecule has 0 N–H and O–H groups in total. The van der Waals surface area contributed by atoms with Crippen LogP contribution in [-0.2, 0) is 0 Å². The fourth-order valence-corrected chi connectivity index (χ4v) is 5.44. The molecular formula is C38H23N3O. The van der Waals surface area contributed by atoms with Gasteiger partial charge in [-0.15, -0.1) is 0 Å². The maximum absolute atomic E-state index is 9.34. The normalized spacial score (nSPS) is 10.8. The highest BCUT2D eigenvalue weighted by atomic mass is 16.3. The van der Waals surface area contributed by atoms with Crippen LogP contribution in [0.2, 0.25) is 0 Å². The molecule has 0 unspecified atom stereocenters. The number of furan rings is 1. The van der Waals surface area contributed by atoms with Gasteiger partial charge >= 0.3 is 0 Å². The quantitative estimate of drug-likeness (QED) is 0.219. The van der Waals surface area contributed by atoms with Crippen molar-refractivity contribution in [3.05, 3.63) is 151 Å². The number of fused-ring (bicyclic) bond motifs is 3. The molecule has 0 aliphatic heterocycles. The van der Waals surface area contributed by atoms with Gasteiger partial charge in [-0.2, -0.15) is 10.5 Å². The zero-order valence-electron chi connectivity index (χ0n) is 22.5. The van der Waals surface area contributed by atoms with Gasteiger partial charge in [0, 0.05) is 33.4 Å². The third-order valence-corrected chi connectivity index (χ3v) is 7.57. The summed E-state index contributed by atoms with van der Waals surface area (Å²) < 4.78 is 6.28. The molecule has 7 rings (SSSR count). The van der Waals surface area contributed by atoms with Crippen molar-refractivity contribution in [1.82, 2.24) is 0 Å². The maximum Gasteiger partial charge on any atom is 0.143 e. The van der Waals surface area contributed by atoms with Gasteiger partial charge in [-0.05, 0) is 83.4 Å². The standard InChI is InChI=1S/C38H23N3O/c39-24-26-8-12-28(13-9-26)29-14-20-32(21-15-29)41(31-18-10-27(25-40)11-19-31)33-22-16-30(17-23-33)34-5-3-6-36-35-4-1-2-7-37(35)42-38(34)36/h1-23H. The van der Waals surface area contributed by atoms with Crippen molar-refractivity contribution in [2.24, 2.45) is 0 Å². The van der Waals surface area contributed by atoms with Crippen LogP contribution in [0.5, 0.6) is 0 Å². The first-order chi connectivity index (χ1) is 20.7. The SMILES string of the molecule is N#Cc1ccc(-c2ccc(N(c3ccc(C#N)cc3)c3ccc(-c4cccc5c4oc4ccccc45)cc3)cc2)cc1. The second-order valence-electron chi connectivity index (χ2n) is 10.1. The van der Waals surface area contributed by atoms with E-state index in [-0.39, 0.29) is 0 Å². The van der Waals surface area contributed by atoms with Crippen LogP contribution in [0.1, 0.15) is 11.1 Å². The van der Waals surface area contributed by atoms with Gasteiger partial charge in [0.2, 0.25) is 0 Å². The average Bonchev–Trinajstić information content (AvgIpc) is 3.45. The van der Waals surface area contributed by atoms with E-state index in [1.54, 1.807) is 0 Å². The van der Waals surface area contributed by atoms with Crippen LogP contribution in [0.25, 0.3) is 44.2 Å². The number of nitrogens with zero attached hydrogens (tertiary/aromatic N) is 3. The summed E-state index contributed by atoms with van der Waals surface area (Å²) in [5, 5.41) is 20.7. The highest BCUT2D eigenvalue weighted by Crippen LogP contribution is 2.39. The third kappa shape index (κ3) is 4.44. The van der Waals surface area contributed by atoms with Gasteiger partial charge < -0.3 is 9.32 Å². The Hall–Kier alpha value is -6.10. The molecule has 196 valence electrons. The first-order valence-electron chi connectivity index (χ1n) is 13.6. The number of nitriles is 2. The number of para-hydroxylation sites is 2. The van der Waals surface area contributed by atoms with E-state index in [2.05, 4.69) is 89.8 Å². The molecule has 0 atom stereocenters. The second-order valence-corrected chi connectivity index (χ2v) is 10.1. The molecule has 42 heavy (non-hydrogen) atoms. The van der Waals surface area contributed by atoms with Crippen molar-refractivity contribution in [3.63, 3.8) is 0 Å². The van der Waals surface area contributed by atoms with Crippen LogP contribution in [0.3, 0.4) is 0 Å². The maximum atomic E-state index is 9.34. The topological polar surface area (TPSA) is 64.0 Å². The third-order valence-electron chi connectivity index (χ3n) is 7.57. The Labute approximate surface area is 243 Å². The molecule has 4 nitrogen and oxygen atoms in total. The van der Waals surface area contributed by atoms with Crippen LogP contribution in [0.15, 0.2) is 144 Å². The highest BCUT2D eigenvalue weighted by Gasteiger charge is 2.15. The minimum Gasteiger partial charge on any atom is -0.455 e. The Kier molecular flexibility index (Phi) is 6.21. The number of anilines is 3. The van der Waals surface area contributed by atoms with Crippen molar-refractivity contribution < 1.29 is 4.42 Å². The van der Waals surface area contributed by atoms with Crippen molar-refractivity contribution in [1.29, 1.82) is 10.5 Å². The molecule has 0 spiro atoms. The van der Waals surface area contributed by atoms with Crippen molar-refractivity contribution in [2.45, 2.75) is 0 Å². The minimum atomic E-state index is 0.615. The molecule has 0 fully saturated rings. The molecule has 0 saturated carbocycles. The van der Waals surface area contributed by atoms with E-state index < -0.39 is 0 Å². The van der Waals surface area contributed by atoms with Gasteiger partial charge in [-0.25, -0.2) is 0 Å². The molecule has 0 saturated heterocycles. The van der Waals surface area contributed by atoms with E-state index in [4.69, 9.17) is 9.68 Å². The van der Waals surface area contributed by atoms with E-state index in [0.29, 0.717) is 11.1 Å². The molecule has 0 aliphatic rings. The molecule has 0 amide bonds. The van der Waals surface area contributed by atoms with E-state index in [9.17, 15) is 5.26 Å². The lowest BCUT2D eigenvalue weighted by molar-refractivity contribution is 0.670. The summed E-state index contributed by atoms with van der Waals surface area (Å²) in [4.78, 5) is 2.18. The number of benzene rings is 6. The molecule has 0 aliphatic carbocycles. The Bertz CT molecular complexity index is 2130. The van der Waals surface area contributed by atoms with Crippen molar-refractivity contribution in [2.75, 3.05) is 4.90 Å². The van der Waals surface area contributed by atoms with Gasteiger partial charge in [0.05, 0.1) is 23.3 Å². The predicted octanol–water partition coefficient (Wildman–Crippen LogP) is 10.1. The molecular weight excluding hydrogens is 514 g/mol. The second kappa shape index (κ2) is 10.5. The summed E-state index contributed by atoms with van der Waals surface area (Å²) in [5.74, 6) is 0. The summed E-state index contributed by atoms with van der Waals surface area (Å²) >= 11 is 0. The Balaban J connectivity index is 1.28. The molecule has 6 aromatic carbocycles. The molecule has 4 heteroatoms. The van der Waals surface area contributed by atoms with E-state index in [1.165, 1.54) is 0 Å². The molecule has 7 aromatic rings. The van der Waals surface area contributed by atoms with Crippen molar-refractivity contribution in [3.8, 4) is 34.4 Å². The molecule has 0 bridgehead atoms. The summed E-state index contributed by atoms with van der Waals surface area (Å²) in [5.41, 5.74) is 10.2. The number of rotatable bonds is 5. The lowest BCUT2D eigenvalue weighted by Gasteiger charge is -2.26. The highest BCUT2D eigenvalue weighted by molar-refractivity contribution is 6.09. The number of hydrogen-bond acceptors (Lipinski definition) is 4. The van der Waals surface area contributed by atoms with Gasteiger partial charge in [0.15, 0.2) is 0 Å². The summed E-state index contributed by atoms with van der Waals surface area (Å²) in [6, 6.07) is 50.8. The zero-order chi connectivity index (χ0) is 28.5. The van der Waals surface area contributed by atoms with Crippen LogP contribution >= 0.6 is 0 Å². The van der Waals surface area contributed by atoms with E-state index in [1.807, 2.05) is 66.7 Å². The van der Waals surface area contributed by atoms with E-state index in [0.717, 1.165) is 61.3 Å². The Morgan fingerprint density at radius 1 is 0.452 bits per heavy atom. The van der Waals surface area contributed by atoms with Crippen LogP contribution in [0, 0.1) is 22.7 Å². The van der Waals surface area contributed by atoms with Gasteiger partial charge in [-0.3, -0.25) is 0 Å². The zero-order valence-corrected chi connectivity index (χ0v) is 22.5. The fraction of sp³-hybridized carbons (Fsp3) is 0. The van der Waals surface area contributed by atoms with Crippen molar-refractivity contribution >= 4 is 39.0 Å². The molecule has 1 aromatic heterocycles. The monoisotopic (exact) mass is 537 g/mol. The fourth-order valence-electron chi connectivity index (χ4n) is 5.44. The predicted molar refractivity (Wildman–Crippen MR) is 169 cm³/mol. The summed E-state index contributed by atoms with van der Waals surface area (Å²) in [6.07, 6.45) is 0. The molecule has 0 radical (unpaired) electrons. The minimum absolute atomic E-state index is 0.615. The first kappa shape index (κ1) is 24.9. The van der Waals surface area contributed by atoms with Crippen LogP contribution in [-0.4, -0.2) is 0 Å². The van der Waals surface area contributed by atoms with Crippen LogP contribution < -0.4 is 4.90 Å². The van der Waals surface area contributed by atoms with Gasteiger partial charge in [0.1, 0.15) is 11.2 Å². The Morgan fingerprint density at radius 3 is 1.52 bits per heavy atom. The first-order valence-corrected chi connectivity index (χ1v) is 13.6. The smallest absolute Gasteiger partial charge is 0.143 e. The van der Waals surface area contributed by atoms with E-state index >= 15 is 0 Å². The average molecular weight is 538 g/mol. The lowest BCUT2D eigenvalue weighted by atomic mass is 10.0.